The minimum Gasteiger partial charge on any atom is -0.480 e. The van der Waals surface area contributed by atoms with Crippen molar-refractivity contribution in [1.82, 2.24) is 0 Å². The van der Waals surface area contributed by atoms with Gasteiger partial charge in [0.2, 0.25) is 0 Å². The predicted molar refractivity (Wildman–Crippen MR) is 104 cm³/mol. The molecule has 0 amide bonds. The highest BCUT2D eigenvalue weighted by Gasteiger charge is 2.16. The van der Waals surface area contributed by atoms with E-state index in [2.05, 4.69) is 45.2 Å². The molecule has 0 aliphatic heterocycles. The largest absolute Gasteiger partial charge is 0.480 e. The number of rotatable bonds is 6. The van der Waals surface area contributed by atoms with E-state index >= 15 is 0 Å². The highest BCUT2D eigenvalue weighted by Crippen LogP contribution is 2.34. The number of nitro benzene ring substituents is 1. The lowest BCUT2D eigenvalue weighted by Gasteiger charge is -2.13. The maximum Gasteiger partial charge on any atom is 0.320 e. The molecule has 0 heterocycles. The number of hydrogen-bond donors (Lipinski definition) is 2. The molecule has 0 aliphatic rings. The fraction of sp³-hybridized carbons (Fsp3) is 0.133. The number of carboxylic acids is 1. The van der Waals surface area contributed by atoms with Gasteiger partial charge in [0, 0.05) is 6.07 Å². The Balaban J connectivity index is 2.27. The Morgan fingerprint density at radius 3 is 2.46 bits per heavy atom. The molecule has 3 N–H and O–H groups in total. The molecule has 0 saturated carbocycles. The van der Waals surface area contributed by atoms with Crippen LogP contribution in [0.2, 0.25) is 0 Å². The van der Waals surface area contributed by atoms with Crippen molar-refractivity contribution < 1.29 is 19.6 Å². The van der Waals surface area contributed by atoms with Crippen LogP contribution in [-0.4, -0.2) is 22.0 Å². The van der Waals surface area contributed by atoms with Crippen molar-refractivity contribution in [3.05, 3.63) is 59.2 Å². The fourth-order valence-corrected chi connectivity index (χ4v) is 4.06. The molecule has 0 radical (unpaired) electrons. The Kier molecular flexibility index (Phi) is 6.34. The van der Waals surface area contributed by atoms with Crippen LogP contribution in [0.5, 0.6) is 11.5 Å². The maximum atomic E-state index is 10.9. The Labute approximate surface area is 164 Å². The predicted octanol–water partition coefficient (Wildman–Crippen LogP) is 3.55. The molecule has 1 atom stereocenters. The summed E-state index contributed by atoms with van der Waals surface area (Å²) >= 11 is 4.15. The first-order chi connectivity index (χ1) is 11.3. The molecule has 0 bridgehead atoms. The van der Waals surface area contributed by atoms with E-state index < -0.39 is 16.9 Å². The van der Waals surface area contributed by atoms with Gasteiger partial charge in [0.05, 0.1) is 18.1 Å². The van der Waals surface area contributed by atoms with Gasteiger partial charge in [-0.15, -0.1) is 0 Å². The second-order valence-electron chi connectivity index (χ2n) is 4.89. The monoisotopic (exact) mass is 554 g/mol. The third-order valence-electron chi connectivity index (χ3n) is 3.08. The van der Waals surface area contributed by atoms with E-state index in [9.17, 15) is 14.9 Å². The van der Waals surface area contributed by atoms with Crippen molar-refractivity contribution in [2.75, 3.05) is 0 Å². The van der Waals surface area contributed by atoms with Crippen LogP contribution in [0.4, 0.5) is 5.69 Å². The highest BCUT2D eigenvalue weighted by molar-refractivity contribution is 14.1. The minimum atomic E-state index is -1.06. The fourth-order valence-electron chi connectivity index (χ4n) is 1.95. The van der Waals surface area contributed by atoms with Gasteiger partial charge in [-0.05, 0) is 75.4 Å². The highest BCUT2D eigenvalue weighted by atomic mass is 127. The summed E-state index contributed by atoms with van der Waals surface area (Å²) in [5.74, 6) is -0.142. The molecule has 0 saturated heterocycles. The van der Waals surface area contributed by atoms with Gasteiger partial charge in [-0.1, -0.05) is 6.07 Å². The third kappa shape index (κ3) is 4.77. The molecule has 0 aliphatic carbocycles. The lowest BCUT2D eigenvalue weighted by Crippen LogP contribution is -2.32. The first-order valence-corrected chi connectivity index (χ1v) is 8.82. The van der Waals surface area contributed by atoms with Crippen molar-refractivity contribution in [3.63, 3.8) is 0 Å². The van der Waals surface area contributed by atoms with Crippen LogP contribution < -0.4 is 10.5 Å². The van der Waals surface area contributed by atoms with E-state index in [1.165, 1.54) is 12.1 Å². The number of nitrogens with zero attached hydrogens (tertiary/aromatic N) is 1. The molecule has 0 unspecified atom stereocenters. The average molecular weight is 554 g/mol. The van der Waals surface area contributed by atoms with Crippen molar-refractivity contribution in [2.45, 2.75) is 12.5 Å². The molecule has 7 nitrogen and oxygen atoms in total. The van der Waals surface area contributed by atoms with Crippen LogP contribution in [0.15, 0.2) is 36.4 Å². The number of non-ortho nitro benzene ring substituents is 1. The van der Waals surface area contributed by atoms with Gasteiger partial charge in [-0.2, -0.15) is 0 Å². The summed E-state index contributed by atoms with van der Waals surface area (Å²) in [6.45, 7) is 0. The quantitative estimate of drug-likeness (QED) is 0.321. The van der Waals surface area contributed by atoms with Gasteiger partial charge in [0.25, 0.3) is 5.69 Å². The number of aliphatic carboxylic acids is 1. The number of benzene rings is 2. The summed E-state index contributed by atoms with van der Waals surface area (Å²) in [5.41, 5.74) is 6.28. The van der Waals surface area contributed by atoms with E-state index in [0.717, 1.165) is 12.7 Å². The number of carboxylic acid groups (broad SMARTS) is 1. The van der Waals surface area contributed by atoms with E-state index in [1.54, 1.807) is 24.3 Å². The van der Waals surface area contributed by atoms with Crippen LogP contribution in [0.3, 0.4) is 0 Å². The van der Waals surface area contributed by atoms with Gasteiger partial charge in [0.15, 0.2) is 5.75 Å². The van der Waals surface area contributed by atoms with Crippen molar-refractivity contribution in [2.24, 2.45) is 5.73 Å². The van der Waals surface area contributed by atoms with Gasteiger partial charge >= 0.3 is 5.97 Å². The normalized spacial score (nSPS) is 11.8. The minimum absolute atomic E-state index is 0.0541. The summed E-state index contributed by atoms with van der Waals surface area (Å²) in [7, 11) is 0. The lowest BCUT2D eigenvalue weighted by molar-refractivity contribution is -0.384. The molecule has 0 aromatic heterocycles. The first-order valence-electron chi connectivity index (χ1n) is 6.66. The van der Waals surface area contributed by atoms with Gasteiger partial charge in [-0.25, -0.2) is 0 Å². The lowest BCUT2D eigenvalue weighted by atomic mass is 10.1. The van der Waals surface area contributed by atoms with Crippen LogP contribution in [-0.2, 0) is 11.2 Å². The van der Waals surface area contributed by atoms with Crippen LogP contribution in [0, 0.1) is 17.3 Å². The summed E-state index contributed by atoms with van der Waals surface area (Å²) in [6.07, 6.45) is 0.207. The van der Waals surface area contributed by atoms with E-state index in [4.69, 9.17) is 15.6 Å². The smallest absolute Gasteiger partial charge is 0.320 e. The van der Waals surface area contributed by atoms with E-state index in [0.29, 0.717) is 11.5 Å². The number of nitrogens with two attached hydrogens (primary N) is 1. The summed E-state index contributed by atoms with van der Waals surface area (Å²) in [4.78, 5) is 21.2. The number of halogens is 2. The van der Waals surface area contributed by atoms with Gasteiger partial charge in [-0.3, -0.25) is 14.9 Å². The Hall–Kier alpha value is -1.47. The molecule has 2 rings (SSSR count). The van der Waals surface area contributed by atoms with Crippen molar-refractivity contribution in [1.29, 1.82) is 0 Å². The van der Waals surface area contributed by atoms with Crippen molar-refractivity contribution >= 4 is 56.8 Å². The Morgan fingerprint density at radius 2 is 1.92 bits per heavy atom. The van der Waals surface area contributed by atoms with E-state index in [-0.39, 0.29) is 12.1 Å². The molecular weight excluding hydrogens is 542 g/mol. The van der Waals surface area contributed by atoms with Crippen LogP contribution in [0.1, 0.15) is 5.56 Å². The topological polar surface area (TPSA) is 116 Å². The third-order valence-corrected chi connectivity index (χ3v) is 4.68. The molecule has 0 fully saturated rings. The standard InChI is InChI=1S/C15H12I2N2O5/c16-11-4-8(6-13(18)15(20)21)5-12(17)14(11)24-10-3-1-2-9(7-10)19(22)23/h1-5,7,13H,6,18H2,(H,20,21)/t13-/m0/s1. The first kappa shape index (κ1) is 18.9. The van der Waals surface area contributed by atoms with Crippen molar-refractivity contribution in [3.8, 4) is 11.5 Å². The van der Waals surface area contributed by atoms with Crippen LogP contribution >= 0.6 is 45.2 Å². The summed E-state index contributed by atoms with van der Waals surface area (Å²) < 4.78 is 7.30. The molecule has 2 aromatic rings. The molecular formula is C15H12I2N2O5. The zero-order valence-electron chi connectivity index (χ0n) is 12.1. The average Bonchev–Trinajstić information content (AvgIpc) is 2.51. The van der Waals surface area contributed by atoms with E-state index in [1.807, 2.05) is 0 Å². The van der Waals surface area contributed by atoms with Gasteiger partial charge in [0.1, 0.15) is 11.8 Å². The SMILES string of the molecule is N[C@@H](Cc1cc(I)c(Oc2cccc([N+](=O)[O-])c2)c(I)c1)C(=O)O. The summed E-state index contributed by atoms with van der Waals surface area (Å²) in [6, 6.07) is 8.52. The molecule has 126 valence electrons. The number of hydrogen-bond acceptors (Lipinski definition) is 5. The second kappa shape index (κ2) is 8.07. The Morgan fingerprint density at radius 1 is 1.29 bits per heavy atom. The maximum absolute atomic E-state index is 10.9. The second-order valence-corrected chi connectivity index (χ2v) is 7.22. The number of ether oxygens (including phenoxy) is 1. The molecule has 0 spiro atoms. The van der Waals surface area contributed by atoms with Crippen LogP contribution in [0.25, 0.3) is 0 Å². The molecule has 9 heteroatoms. The zero-order valence-corrected chi connectivity index (χ0v) is 16.4. The number of carbonyl (C=O) groups is 1. The van der Waals surface area contributed by atoms with Gasteiger partial charge < -0.3 is 15.6 Å². The molecule has 24 heavy (non-hydrogen) atoms. The molecule has 2 aromatic carbocycles. The number of nitro groups is 1. The summed E-state index contributed by atoms with van der Waals surface area (Å²) in [5, 5.41) is 19.7. The zero-order chi connectivity index (χ0) is 17.9. The Bertz CT molecular complexity index is 774.